The average Bonchev–Trinajstić information content (AvgIpc) is 2.97. The number of fused-ring (bicyclic) bond motifs is 1. The molecule has 1 aliphatic rings. The molecule has 0 atom stereocenters. The van der Waals surface area contributed by atoms with E-state index in [2.05, 4.69) is 4.98 Å². The number of rotatable bonds is 3. The van der Waals surface area contributed by atoms with Gasteiger partial charge in [-0.25, -0.2) is 0 Å². The number of methoxy groups -OCH3 is 1. The van der Waals surface area contributed by atoms with Crippen molar-refractivity contribution >= 4 is 16.9 Å². The maximum absolute atomic E-state index is 11.9. The number of aromatic nitrogens is 1. The average molecular weight is 271 g/mol. The van der Waals surface area contributed by atoms with Crippen LogP contribution in [0.25, 0.3) is 10.9 Å². The maximum Gasteiger partial charge on any atom is 0.314 e. The van der Waals surface area contributed by atoms with E-state index < -0.39 is 11.4 Å². The maximum atomic E-state index is 11.9. The van der Waals surface area contributed by atoms with Gasteiger partial charge in [0, 0.05) is 11.6 Å². The number of benzene rings is 1. The zero-order valence-corrected chi connectivity index (χ0v) is 11.4. The Balaban J connectivity index is 2.29. The molecule has 2 aromatic rings. The number of hydrogen-bond donors (Lipinski definition) is 1. The standard InChI is InChI=1S/C16H17NO3/c1-20-13-7-6-12(11-5-4-10-17-14(11)13)16(15(18)19)8-2-3-9-16/h4-7,10H,2-3,8-9H2,1H3,(H,18,19). The molecular weight excluding hydrogens is 254 g/mol. The third-order valence-corrected chi connectivity index (χ3v) is 4.33. The number of carboxylic acid groups (broad SMARTS) is 1. The number of carboxylic acids is 1. The van der Waals surface area contributed by atoms with Crippen LogP contribution in [0.2, 0.25) is 0 Å². The van der Waals surface area contributed by atoms with Gasteiger partial charge >= 0.3 is 5.97 Å². The van der Waals surface area contributed by atoms with Gasteiger partial charge in [-0.05, 0) is 30.5 Å². The Bertz CT molecular complexity index is 660. The Morgan fingerprint density at radius 3 is 2.70 bits per heavy atom. The Hall–Kier alpha value is -2.10. The van der Waals surface area contributed by atoms with Gasteiger partial charge < -0.3 is 9.84 Å². The number of pyridine rings is 1. The topological polar surface area (TPSA) is 59.4 Å². The molecule has 1 aromatic heterocycles. The lowest BCUT2D eigenvalue weighted by atomic mass is 9.77. The number of hydrogen-bond acceptors (Lipinski definition) is 3. The largest absolute Gasteiger partial charge is 0.494 e. The van der Waals surface area contributed by atoms with Crippen LogP contribution in [0, 0.1) is 0 Å². The Morgan fingerprint density at radius 2 is 2.05 bits per heavy atom. The summed E-state index contributed by atoms with van der Waals surface area (Å²) in [6.07, 6.45) is 5.01. The van der Waals surface area contributed by atoms with Gasteiger partial charge in [-0.2, -0.15) is 0 Å². The SMILES string of the molecule is COc1ccc(C2(C(=O)O)CCCC2)c2cccnc12. The van der Waals surface area contributed by atoms with Crippen LogP contribution in [-0.4, -0.2) is 23.2 Å². The second-order valence-electron chi connectivity index (χ2n) is 5.31. The van der Waals surface area contributed by atoms with Crippen molar-refractivity contribution in [3.63, 3.8) is 0 Å². The molecule has 4 heteroatoms. The van der Waals surface area contributed by atoms with Crippen LogP contribution in [0.15, 0.2) is 30.5 Å². The van der Waals surface area contributed by atoms with E-state index in [1.807, 2.05) is 24.3 Å². The number of aliphatic carboxylic acids is 1. The van der Waals surface area contributed by atoms with Crippen molar-refractivity contribution in [3.05, 3.63) is 36.0 Å². The Labute approximate surface area is 117 Å². The van der Waals surface area contributed by atoms with Gasteiger partial charge in [-0.1, -0.05) is 25.0 Å². The van der Waals surface area contributed by atoms with Crippen LogP contribution >= 0.6 is 0 Å². The minimum absolute atomic E-state index is 0.683. The Morgan fingerprint density at radius 1 is 1.30 bits per heavy atom. The van der Waals surface area contributed by atoms with E-state index in [0.717, 1.165) is 29.3 Å². The van der Waals surface area contributed by atoms with Crippen LogP contribution in [0.1, 0.15) is 31.2 Å². The van der Waals surface area contributed by atoms with Gasteiger partial charge in [0.25, 0.3) is 0 Å². The lowest BCUT2D eigenvalue weighted by Gasteiger charge is -2.26. The highest BCUT2D eigenvalue weighted by molar-refractivity contribution is 5.94. The number of nitrogens with zero attached hydrogens (tertiary/aromatic N) is 1. The molecule has 20 heavy (non-hydrogen) atoms. The second kappa shape index (κ2) is 4.78. The molecule has 1 aromatic carbocycles. The summed E-state index contributed by atoms with van der Waals surface area (Å²) in [5, 5.41) is 10.6. The molecule has 0 radical (unpaired) electrons. The molecule has 0 aliphatic heterocycles. The first-order valence-corrected chi connectivity index (χ1v) is 6.85. The third kappa shape index (κ3) is 1.75. The van der Waals surface area contributed by atoms with Gasteiger partial charge in [0.2, 0.25) is 0 Å². The first kappa shape index (κ1) is 12.9. The molecule has 0 amide bonds. The van der Waals surface area contributed by atoms with Crippen molar-refractivity contribution in [1.82, 2.24) is 4.98 Å². The smallest absolute Gasteiger partial charge is 0.314 e. The fraction of sp³-hybridized carbons (Fsp3) is 0.375. The van der Waals surface area contributed by atoms with E-state index in [9.17, 15) is 9.90 Å². The minimum Gasteiger partial charge on any atom is -0.494 e. The highest BCUT2D eigenvalue weighted by atomic mass is 16.5. The van der Waals surface area contributed by atoms with Crippen molar-refractivity contribution in [2.75, 3.05) is 7.11 Å². The first-order valence-electron chi connectivity index (χ1n) is 6.85. The predicted molar refractivity (Wildman–Crippen MR) is 76.1 cm³/mol. The van der Waals surface area contributed by atoms with Gasteiger partial charge in [-0.3, -0.25) is 9.78 Å². The zero-order chi connectivity index (χ0) is 14.2. The van der Waals surface area contributed by atoms with Crippen LogP contribution in [-0.2, 0) is 10.2 Å². The van der Waals surface area contributed by atoms with E-state index in [1.165, 1.54) is 0 Å². The molecule has 0 unspecified atom stereocenters. The molecule has 1 fully saturated rings. The first-order chi connectivity index (χ1) is 9.69. The van der Waals surface area contributed by atoms with Gasteiger partial charge in [0.15, 0.2) is 0 Å². The molecule has 1 aliphatic carbocycles. The number of carbonyl (C=O) groups is 1. The molecule has 4 nitrogen and oxygen atoms in total. The summed E-state index contributed by atoms with van der Waals surface area (Å²) in [5.41, 5.74) is 0.833. The summed E-state index contributed by atoms with van der Waals surface area (Å²) in [6.45, 7) is 0. The van der Waals surface area contributed by atoms with E-state index in [0.29, 0.717) is 18.6 Å². The van der Waals surface area contributed by atoms with Gasteiger partial charge in [0.1, 0.15) is 11.3 Å². The molecule has 1 heterocycles. The van der Waals surface area contributed by atoms with Gasteiger partial charge in [0.05, 0.1) is 12.5 Å². The Kier molecular flexibility index (Phi) is 3.08. The van der Waals surface area contributed by atoms with Crippen molar-refractivity contribution in [2.45, 2.75) is 31.1 Å². The molecule has 0 spiro atoms. The predicted octanol–water partition coefficient (Wildman–Crippen LogP) is 3.14. The summed E-state index contributed by atoms with van der Waals surface area (Å²) in [7, 11) is 1.60. The van der Waals surface area contributed by atoms with Crippen molar-refractivity contribution in [2.24, 2.45) is 0 Å². The van der Waals surface area contributed by atoms with E-state index in [-0.39, 0.29) is 0 Å². The molecule has 0 bridgehead atoms. The lowest BCUT2D eigenvalue weighted by molar-refractivity contribution is -0.143. The quantitative estimate of drug-likeness (QED) is 0.931. The normalized spacial score (nSPS) is 17.2. The summed E-state index contributed by atoms with van der Waals surface area (Å²) < 4.78 is 5.33. The fourth-order valence-corrected chi connectivity index (χ4v) is 3.31. The molecule has 1 N–H and O–H groups in total. The van der Waals surface area contributed by atoms with E-state index in [4.69, 9.17) is 4.74 Å². The molecular formula is C16H17NO3. The van der Waals surface area contributed by atoms with Crippen LogP contribution in [0.5, 0.6) is 5.75 Å². The summed E-state index contributed by atoms with van der Waals surface area (Å²) >= 11 is 0. The minimum atomic E-state index is -0.770. The highest BCUT2D eigenvalue weighted by Crippen LogP contribution is 2.45. The van der Waals surface area contributed by atoms with E-state index >= 15 is 0 Å². The molecule has 1 saturated carbocycles. The highest BCUT2D eigenvalue weighted by Gasteiger charge is 2.44. The lowest BCUT2D eigenvalue weighted by Crippen LogP contribution is -2.32. The number of ether oxygens (including phenoxy) is 1. The molecule has 0 saturated heterocycles. The van der Waals surface area contributed by atoms with Crippen LogP contribution < -0.4 is 4.74 Å². The zero-order valence-electron chi connectivity index (χ0n) is 11.4. The van der Waals surface area contributed by atoms with Crippen LogP contribution in [0.4, 0.5) is 0 Å². The van der Waals surface area contributed by atoms with Crippen molar-refractivity contribution < 1.29 is 14.6 Å². The van der Waals surface area contributed by atoms with Crippen molar-refractivity contribution in [3.8, 4) is 5.75 Å². The summed E-state index contributed by atoms with van der Waals surface area (Å²) in [6, 6.07) is 7.49. The molecule has 3 rings (SSSR count). The van der Waals surface area contributed by atoms with Crippen LogP contribution in [0.3, 0.4) is 0 Å². The fourth-order valence-electron chi connectivity index (χ4n) is 3.31. The van der Waals surface area contributed by atoms with Crippen molar-refractivity contribution in [1.29, 1.82) is 0 Å². The molecule has 104 valence electrons. The van der Waals surface area contributed by atoms with E-state index in [1.54, 1.807) is 13.3 Å². The third-order valence-electron chi connectivity index (χ3n) is 4.33. The van der Waals surface area contributed by atoms with Gasteiger partial charge in [-0.15, -0.1) is 0 Å². The second-order valence-corrected chi connectivity index (χ2v) is 5.31. The monoisotopic (exact) mass is 271 g/mol. The summed E-state index contributed by atoms with van der Waals surface area (Å²) in [5.74, 6) is -0.0480. The summed E-state index contributed by atoms with van der Waals surface area (Å²) in [4.78, 5) is 16.2.